The van der Waals surface area contributed by atoms with Crippen LogP contribution in [-0.2, 0) is 6.54 Å². The van der Waals surface area contributed by atoms with Crippen LogP contribution in [0.2, 0.25) is 0 Å². The van der Waals surface area contributed by atoms with E-state index in [4.69, 9.17) is 4.98 Å². The molecule has 3 aromatic heterocycles. The second-order valence-electron chi connectivity index (χ2n) is 7.73. The number of hydrogen-bond donors (Lipinski definition) is 1. The van der Waals surface area contributed by atoms with Crippen LogP contribution in [0.25, 0.3) is 11.0 Å². The Labute approximate surface area is 165 Å². The largest absolute Gasteiger partial charge is 0.362 e. The van der Waals surface area contributed by atoms with Gasteiger partial charge in [0.25, 0.3) is 5.91 Å². The first-order valence-electron chi connectivity index (χ1n) is 9.57. The molecule has 7 nitrogen and oxygen atoms in total. The van der Waals surface area contributed by atoms with Gasteiger partial charge >= 0.3 is 0 Å². The number of anilines is 1. The van der Waals surface area contributed by atoms with E-state index in [9.17, 15) is 4.79 Å². The molecular weight excluding hydrogens is 352 g/mol. The van der Waals surface area contributed by atoms with Crippen molar-refractivity contribution in [2.75, 3.05) is 19.0 Å². The highest BCUT2D eigenvalue weighted by Crippen LogP contribution is 2.24. The highest BCUT2D eigenvalue weighted by atomic mass is 16.1. The average molecular weight is 380 g/mol. The zero-order valence-corrected chi connectivity index (χ0v) is 17.4. The maximum atomic E-state index is 13.1. The number of pyridine rings is 2. The Morgan fingerprint density at radius 3 is 2.64 bits per heavy atom. The van der Waals surface area contributed by atoms with Crippen molar-refractivity contribution in [3.8, 4) is 0 Å². The summed E-state index contributed by atoms with van der Waals surface area (Å²) in [4.78, 5) is 24.1. The number of hydrogen-bond acceptors (Lipinski definition) is 5. The number of nitrogens with one attached hydrogen (secondary N) is 1. The lowest BCUT2D eigenvalue weighted by Gasteiger charge is -2.16. The topological polar surface area (TPSA) is 75.9 Å². The smallest absolute Gasteiger partial charge is 0.252 e. The fourth-order valence-corrected chi connectivity index (χ4v) is 3.14. The van der Waals surface area contributed by atoms with Gasteiger partial charge in [0.15, 0.2) is 5.65 Å². The molecule has 148 valence electrons. The van der Waals surface area contributed by atoms with Gasteiger partial charge in [0.2, 0.25) is 0 Å². The Morgan fingerprint density at radius 1 is 1.25 bits per heavy atom. The normalized spacial score (nSPS) is 11.4. The SMILES string of the molecule is CC(C)c1cc(C(=O)NCc2cccnc2N(C)C)c2cnn(C(C)C)c2n1. The molecule has 28 heavy (non-hydrogen) atoms. The number of aromatic nitrogens is 4. The van der Waals surface area contributed by atoms with E-state index in [1.807, 2.05) is 41.9 Å². The van der Waals surface area contributed by atoms with E-state index in [1.165, 1.54) is 0 Å². The van der Waals surface area contributed by atoms with Gasteiger partial charge < -0.3 is 10.2 Å². The lowest BCUT2D eigenvalue weighted by molar-refractivity contribution is 0.0952. The highest BCUT2D eigenvalue weighted by molar-refractivity contribution is 6.05. The second-order valence-corrected chi connectivity index (χ2v) is 7.73. The number of amides is 1. The van der Waals surface area contributed by atoms with Gasteiger partial charge in [-0.1, -0.05) is 19.9 Å². The molecule has 0 aliphatic carbocycles. The average Bonchev–Trinajstić information content (AvgIpc) is 3.09. The standard InChI is InChI=1S/C21H28N6O/c1-13(2)18-10-16(17-12-24-27(14(3)4)20(17)25-18)21(28)23-11-15-8-7-9-22-19(15)26(5)6/h7-10,12-14H,11H2,1-6H3,(H,23,28). The molecule has 0 unspecified atom stereocenters. The molecule has 0 radical (unpaired) electrons. The predicted octanol–water partition coefficient (Wildman–Crippen LogP) is 3.53. The van der Waals surface area contributed by atoms with Crippen LogP contribution in [0, 0.1) is 0 Å². The van der Waals surface area contributed by atoms with E-state index in [-0.39, 0.29) is 17.9 Å². The summed E-state index contributed by atoms with van der Waals surface area (Å²) in [5.74, 6) is 0.925. The highest BCUT2D eigenvalue weighted by Gasteiger charge is 2.19. The zero-order valence-electron chi connectivity index (χ0n) is 17.4. The molecule has 0 bridgehead atoms. The molecule has 1 amide bonds. The first-order chi connectivity index (χ1) is 13.3. The van der Waals surface area contributed by atoms with Crippen LogP contribution >= 0.6 is 0 Å². The molecule has 0 saturated carbocycles. The lowest BCUT2D eigenvalue weighted by atomic mass is 10.0. The van der Waals surface area contributed by atoms with Gasteiger partial charge in [0.1, 0.15) is 5.82 Å². The molecule has 3 rings (SSSR count). The Kier molecular flexibility index (Phi) is 5.63. The first-order valence-corrected chi connectivity index (χ1v) is 9.57. The minimum absolute atomic E-state index is 0.133. The molecule has 0 aliphatic heterocycles. The molecule has 3 aromatic rings. The van der Waals surface area contributed by atoms with Crippen molar-refractivity contribution in [1.29, 1.82) is 0 Å². The van der Waals surface area contributed by atoms with Gasteiger partial charge in [-0.2, -0.15) is 5.10 Å². The van der Waals surface area contributed by atoms with Crippen molar-refractivity contribution in [3.63, 3.8) is 0 Å². The summed E-state index contributed by atoms with van der Waals surface area (Å²) >= 11 is 0. The minimum Gasteiger partial charge on any atom is -0.362 e. The molecule has 0 saturated heterocycles. The van der Waals surface area contributed by atoms with Gasteiger partial charge in [-0.25, -0.2) is 14.6 Å². The van der Waals surface area contributed by atoms with Gasteiger partial charge in [-0.05, 0) is 31.9 Å². The van der Waals surface area contributed by atoms with Crippen molar-refractivity contribution in [2.45, 2.75) is 46.2 Å². The predicted molar refractivity (Wildman–Crippen MR) is 112 cm³/mol. The Bertz CT molecular complexity index is 990. The number of carbonyl (C=O) groups excluding carboxylic acids is 1. The van der Waals surface area contributed by atoms with Crippen LogP contribution in [0.3, 0.4) is 0 Å². The molecule has 1 N–H and O–H groups in total. The van der Waals surface area contributed by atoms with E-state index < -0.39 is 0 Å². The van der Waals surface area contributed by atoms with Crippen LogP contribution in [0.4, 0.5) is 5.82 Å². The number of fused-ring (bicyclic) bond motifs is 1. The minimum atomic E-state index is -0.133. The molecular formula is C21H28N6O. The Hall–Kier alpha value is -2.96. The quantitative estimate of drug-likeness (QED) is 0.708. The molecule has 0 atom stereocenters. The summed E-state index contributed by atoms with van der Waals surface area (Å²) in [6, 6.07) is 5.90. The van der Waals surface area contributed by atoms with Crippen LogP contribution in [-0.4, -0.2) is 39.8 Å². The third kappa shape index (κ3) is 3.83. The van der Waals surface area contributed by atoms with Gasteiger partial charge in [0.05, 0.1) is 17.1 Å². The maximum Gasteiger partial charge on any atom is 0.252 e. The first kappa shape index (κ1) is 19.8. The summed E-state index contributed by atoms with van der Waals surface area (Å²) < 4.78 is 1.86. The molecule has 0 aliphatic rings. The maximum absolute atomic E-state index is 13.1. The van der Waals surface area contributed by atoms with E-state index in [0.29, 0.717) is 12.1 Å². The summed E-state index contributed by atoms with van der Waals surface area (Å²) in [6.45, 7) is 8.66. The van der Waals surface area contributed by atoms with E-state index in [0.717, 1.165) is 28.1 Å². The van der Waals surface area contributed by atoms with Crippen molar-refractivity contribution in [3.05, 3.63) is 47.4 Å². The molecule has 0 spiro atoms. The molecule has 3 heterocycles. The van der Waals surface area contributed by atoms with Crippen molar-refractivity contribution >= 4 is 22.8 Å². The van der Waals surface area contributed by atoms with Crippen LogP contribution in [0.15, 0.2) is 30.6 Å². The van der Waals surface area contributed by atoms with E-state index in [1.54, 1.807) is 12.4 Å². The third-order valence-electron chi connectivity index (χ3n) is 4.64. The van der Waals surface area contributed by atoms with Gasteiger partial charge in [-0.15, -0.1) is 0 Å². The third-order valence-corrected chi connectivity index (χ3v) is 4.64. The summed E-state index contributed by atoms with van der Waals surface area (Å²) in [7, 11) is 3.88. The fraction of sp³-hybridized carbons (Fsp3) is 0.429. The lowest BCUT2D eigenvalue weighted by Crippen LogP contribution is -2.25. The molecule has 7 heteroatoms. The Balaban J connectivity index is 1.95. The molecule has 0 aromatic carbocycles. The number of nitrogens with zero attached hydrogens (tertiary/aromatic N) is 5. The van der Waals surface area contributed by atoms with Gasteiger partial charge in [-0.3, -0.25) is 4.79 Å². The fourth-order valence-electron chi connectivity index (χ4n) is 3.14. The van der Waals surface area contributed by atoms with E-state index in [2.05, 4.69) is 43.1 Å². The van der Waals surface area contributed by atoms with Crippen LogP contribution < -0.4 is 10.2 Å². The number of rotatable bonds is 6. The summed E-state index contributed by atoms with van der Waals surface area (Å²) in [5, 5.41) is 8.26. The Morgan fingerprint density at radius 2 is 2.00 bits per heavy atom. The van der Waals surface area contributed by atoms with Crippen molar-refractivity contribution in [2.24, 2.45) is 0 Å². The van der Waals surface area contributed by atoms with E-state index >= 15 is 0 Å². The van der Waals surface area contributed by atoms with Crippen molar-refractivity contribution < 1.29 is 4.79 Å². The monoisotopic (exact) mass is 380 g/mol. The second kappa shape index (κ2) is 7.96. The zero-order chi connectivity index (χ0) is 20.4. The van der Waals surface area contributed by atoms with Crippen LogP contribution in [0.5, 0.6) is 0 Å². The van der Waals surface area contributed by atoms with Gasteiger partial charge in [0, 0.05) is 44.1 Å². The summed E-state index contributed by atoms with van der Waals surface area (Å²) in [5.41, 5.74) is 3.21. The molecule has 0 fully saturated rings. The van der Waals surface area contributed by atoms with Crippen LogP contribution in [0.1, 0.15) is 61.3 Å². The summed E-state index contributed by atoms with van der Waals surface area (Å²) in [6.07, 6.45) is 3.49. The van der Waals surface area contributed by atoms with Crippen molar-refractivity contribution in [1.82, 2.24) is 25.1 Å². The number of carbonyl (C=O) groups is 1.